The van der Waals surface area contributed by atoms with Gasteiger partial charge >= 0.3 is 0 Å². The van der Waals surface area contributed by atoms with Crippen molar-refractivity contribution >= 4 is 23.5 Å². The number of imide groups is 1. The first-order valence-corrected chi connectivity index (χ1v) is 12.1. The summed E-state index contributed by atoms with van der Waals surface area (Å²) in [6, 6.07) is 21.3. The molecule has 0 aromatic heterocycles. The van der Waals surface area contributed by atoms with Crippen LogP contribution in [0.25, 0.3) is 0 Å². The molecule has 0 unspecified atom stereocenters. The highest BCUT2D eigenvalue weighted by Crippen LogP contribution is 2.39. The molecule has 3 aromatic rings. The third-order valence-corrected chi connectivity index (χ3v) is 7.36. The number of nitrogens with zero attached hydrogens (tertiary/aromatic N) is 2. The van der Waals surface area contributed by atoms with Gasteiger partial charge in [-0.3, -0.25) is 24.1 Å². The number of rotatable bonds is 3. The predicted molar refractivity (Wildman–Crippen MR) is 131 cm³/mol. The van der Waals surface area contributed by atoms with E-state index in [1.807, 2.05) is 48.5 Å². The smallest absolute Gasteiger partial charge is 0.261 e. The van der Waals surface area contributed by atoms with Crippen LogP contribution in [-0.4, -0.2) is 52.0 Å². The zero-order valence-electron chi connectivity index (χ0n) is 19.6. The zero-order valence-corrected chi connectivity index (χ0v) is 19.6. The number of ketones is 1. The van der Waals surface area contributed by atoms with Crippen LogP contribution in [0.3, 0.4) is 0 Å². The molecule has 0 saturated carbocycles. The molecular formula is C29H24N2O5. The van der Waals surface area contributed by atoms with E-state index in [9.17, 15) is 19.2 Å². The van der Waals surface area contributed by atoms with Gasteiger partial charge in [-0.15, -0.1) is 0 Å². The number of fused-ring (bicyclic) bond motifs is 2. The zero-order chi connectivity index (χ0) is 24.9. The van der Waals surface area contributed by atoms with Crippen LogP contribution < -0.4 is 4.74 Å². The third-order valence-electron chi connectivity index (χ3n) is 7.36. The lowest BCUT2D eigenvalue weighted by atomic mass is 9.82. The van der Waals surface area contributed by atoms with Crippen molar-refractivity contribution in [2.45, 2.75) is 31.4 Å². The van der Waals surface area contributed by atoms with Gasteiger partial charge in [0.15, 0.2) is 5.78 Å². The Bertz CT molecular complexity index is 1410. The average Bonchev–Trinajstić information content (AvgIpc) is 3.13. The number of hydrogen-bond acceptors (Lipinski definition) is 5. The summed E-state index contributed by atoms with van der Waals surface area (Å²) in [5.41, 5.74) is 1.82. The van der Waals surface area contributed by atoms with Crippen molar-refractivity contribution in [1.29, 1.82) is 0 Å². The van der Waals surface area contributed by atoms with Gasteiger partial charge < -0.3 is 9.64 Å². The van der Waals surface area contributed by atoms with Gasteiger partial charge in [0.1, 0.15) is 11.4 Å². The van der Waals surface area contributed by atoms with E-state index in [4.69, 9.17) is 4.74 Å². The van der Waals surface area contributed by atoms with Crippen LogP contribution >= 0.6 is 0 Å². The standard InChI is InChI=1S/C29H24N2O5/c32-24-17-29(36-25-9-5-4-8-22(24)25)12-14-30(15-13-29)26(33)20-10-11-21-23(16-20)28(35)31(27(21)34)18-19-6-2-1-3-7-19/h1-11,16H,12-15,17-18H2. The lowest BCUT2D eigenvalue weighted by Gasteiger charge is -2.44. The van der Waals surface area contributed by atoms with E-state index in [1.165, 1.54) is 11.0 Å². The second kappa shape index (κ2) is 8.45. The van der Waals surface area contributed by atoms with Gasteiger partial charge in [-0.1, -0.05) is 42.5 Å². The van der Waals surface area contributed by atoms with Crippen molar-refractivity contribution in [1.82, 2.24) is 9.80 Å². The average molecular weight is 481 g/mol. The first-order valence-electron chi connectivity index (χ1n) is 12.1. The van der Waals surface area contributed by atoms with Gasteiger partial charge in [0, 0.05) is 31.5 Å². The number of carbonyl (C=O) groups excluding carboxylic acids is 4. The fraction of sp³-hybridized carbons (Fsp3) is 0.241. The molecule has 3 aliphatic heterocycles. The van der Waals surface area contributed by atoms with E-state index >= 15 is 0 Å². The number of benzene rings is 3. The Hall–Kier alpha value is -4.26. The lowest BCUT2D eigenvalue weighted by molar-refractivity contribution is -0.00572. The number of Topliss-reactive ketones (excluding diaryl/α,β-unsaturated/α-hetero) is 1. The molecule has 7 heteroatoms. The predicted octanol–water partition coefficient (Wildman–Crippen LogP) is 4.12. The fourth-order valence-electron chi connectivity index (χ4n) is 5.36. The number of ether oxygens (including phenoxy) is 1. The summed E-state index contributed by atoms with van der Waals surface area (Å²) in [7, 11) is 0. The van der Waals surface area contributed by atoms with Crippen LogP contribution in [0.4, 0.5) is 0 Å². The number of amides is 3. The number of para-hydroxylation sites is 1. The molecular weight excluding hydrogens is 456 g/mol. The first-order chi connectivity index (χ1) is 17.4. The minimum atomic E-state index is -0.597. The molecule has 1 fully saturated rings. The summed E-state index contributed by atoms with van der Waals surface area (Å²) in [5, 5.41) is 0. The molecule has 3 aromatic carbocycles. The molecule has 180 valence electrons. The summed E-state index contributed by atoms with van der Waals surface area (Å²) in [5.74, 6) is -0.262. The molecule has 1 spiro atoms. The monoisotopic (exact) mass is 480 g/mol. The van der Waals surface area contributed by atoms with Crippen LogP contribution in [0.1, 0.15) is 66.3 Å². The molecule has 3 heterocycles. The topological polar surface area (TPSA) is 84.0 Å². The number of likely N-dealkylation sites (tertiary alicyclic amines) is 1. The van der Waals surface area contributed by atoms with E-state index in [2.05, 4.69) is 0 Å². The van der Waals surface area contributed by atoms with Crippen molar-refractivity contribution in [3.05, 3.63) is 101 Å². The van der Waals surface area contributed by atoms with Crippen LogP contribution in [0.5, 0.6) is 5.75 Å². The number of carbonyl (C=O) groups is 4. The highest BCUT2D eigenvalue weighted by atomic mass is 16.5. The Morgan fingerprint density at radius 2 is 1.50 bits per heavy atom. The highest BCUT2D eigenvalue weighted by molar-refractivity contribution is 6.22. The molecule has 0 atom stereocenters. The molecule has 0 N–H and O–H groups in total. The maximum atomic E-state index is 13.3. The Balaban J connectivity index is 1.16. The van der Waals surface area contributed by atoms with E-state index in [1.54, 1.807) is 23.1 Å². The fourth-order valence-corrected chi connectivity index (χ4v) is 5.36. The van der Waals surface area contributed by atoms with Crippen LogP contribution in [0, 0.1) is 0 Å². The van der Waals surface area contributed by atoms with E-state index in [-0.39, 0.29) is 35.6 Å². The molecule has 36 heavy (non-hydrogen) atoms. The van der Waals surface area contributed by atoms with Crippen LogP contribution in [0.2, 0.25) is 0 Å². The van der Waals surface area contributed by atoms with Crippen molar-refractivity contribution in [2.75, 3.05) is 13.1 Å². The van der Waals surface area contributed by atoms with E-state index < -0.39 is 5.60 Å². The second-order valence-electron chi connectivity index (χ2n) is 9.62. The number of piperidine rings is 1. The second-order valence-corrected chi connectivity index (χ2v) is 9.62. The van der Waals surface area contributed by atoms with Gasteiger partial charge in [0.2, 0.25) is 0 Å². The maximum Gasteiger partial charge on any atom is 0.261 e. The molecule has 1 saturated heterocycles. The summed E-state index contributed by atoms with van der Waals surface area (Å²) < 4.78 is 6.27. The SMILES string of the molecule is O=C1CC2(CCN(C(=O)c3ccc4c(c3)C(=O)N(Cc3ccccc3)C4=O)CC2)Oc2ccccc21. The van der Waals surface area contributed by atoms with Crippen molar-refractivity contribution in [3.8, 4) is 5.75 Å². The minimum Gasteiger partial charge on any atom is -0.486 e. The maximum absolute atomic E-state index is 13.3. The molecule has 7 nitrogen and oxygen atoms in total. The summed E-state index contributed by atoms with van der Waals surface area (Å²) in [4.78, 5) is 54.8. The Labute approximate surface area is 208 Å². The number of hydrogen-bond donors (Lipinski definition) is 0. The van der Waals surface area contributed by atoms with Crippen LogP contribution in [0.15, 0.2) is 72.8 Å². The van der Waals surface area contributed by atoms with Gasteiger partial charge in [-0.25, -0.2) is 0 Å². The Morgan fingerprint density at radius 3 is 2.28 bits per heavy atom. The summed E-state index contributed by atoms with van der Waals surface area (Å²) in [6.45, 7) is 1.07. The minimum absolute atomic E-state index is 0.0680. The first kappa shape index (κ1) is 22.2. The van der Waals surface area contributed by atoms with Gasteiger partial charge in [0.05, 0.1) is 29.7 Å². The van der Waals surface area contributed by atoms with E-state index in [0.29, 0.717) is 54.8 Å². The molecule has 0 radical (unpaired) electrons. The summed E-state index contributed by atoms with van der Waals surface area (Å²) in [6.07, 6.45) is 1.40. The van der Waals surface area contributed by atoms with Crippen LogP contribution in [-0.2, 0) is 6.54 Å². The summed E-state index contributed by atoms with van der Waals surface area (Å²) >= 11 is 0. The molecule has 3 amide bonds. The highest BCUT2D eigenvalue weighted by Gasteiger charge is 2.44. The van der Waals surface area contributed by atoms with E-state index in [0.717, 1.165) is 5.56 Å². The normalized spacial score (nSPS) is 18.2. The molecule has 6 rings (SSSR count). The molecule has 0 aliphatic carbocycles. The Morgan fingerprint density at radius 1 is 0.806 bits per heavy atom. The Kier molecular flexibility index (Phi) is 5.21. The van der Waals surface area contributed by atoms with Gasteiger partial charge in [-0.05, 0) is 35.9 Å². The third kappa shape index (κ3) is 3.68. The van der Waals surface area contributed by atoms with Crippen molar-refractivity contribution in [3.63, 3.8) is 0 Å². The van der Waals surface area contributed by atoms with Gasteiger partial charge in [0.25, 0.3) is 17.7 Å². The quantitative estimate of drug-likeness (QED) is 0.527. The molecule has 3 aliphatic rings. The van der Waals surface area contributed by atoms with Crippen molar-refractivity contribution in [2.24, 2.45) is 0 Å². The lowest BCUT2D eigenvalue weighted by Crippen LogP contribution is -2.52. The molecule has 0 bridgehead atoms. The van der Waals surface area contributed by atoms with Crippen molar-refractivity contribution < 1.29 is 23.9 Å². The van der Waals surface area contributed by atoms with Gasteiger partial charge in [-0.2, -0.15) is 0 Å². The largest absolute Gasteiger partial charge is 0.486 e.